The minimum absolute atomic E-state index is 0.0234. The maximum absolute atomic E-state index is 12.2. The van der Waals surface area contributed by atoms with Gasteiger partial charge in [-0.15, -0.1) is 0 Å². The van der Waals surface area contributed by atoms with Crippen molar-refractivity contribution in [2.45, 2.75) is 25.7 Å². The largest absolute Gasteiger partial charge is 0.507 e. The van der Waals surface area contributed by atoms with Crippen molar-refractivity contribution in [1.29, 1.82) is 0 Å². The molecule has 1 N–H and O–H groups in total. The Morgan fingerprint density at radius 1 is 1.44 bits per heavy atom. The molecule has 1 aliphatic carbocycles. The maximum Gasteiger partial charge on any atom is 0.253 e. The van der Waals surface area contributed by atoms with E-state index in [2.05, 4.69) is 15.9 Å². The van der Waals surface area contributed by atoms with Gasteiger partial charge in [0.15, 0.2) is 0 Å². The molecule has 0 saturated heterocycles. The number of hydrogen-bond donors (Lipinski definition) is 1. The van der Waals surface area contributed by atoms with Gasteiger partial charge in [0.2, 0.25) is 0 Å². The number of phenolic OH excluding ortho intramolecular Hbond substituents is 1. The van der Waals surface area contributed by atoms with E-state index >= 15 is 0 Å². The van der Waals surface area contributed by atoms with E-state index in [0.29, 0.717) is 16.0 Å². The lowest BCUT2D eigenvalue weighted by atomic mass is 10.1. The molecule has 1 aliphatic rings. The van der Waals surface area contributed by atoms with E-state index in [4.69, 9.17) is 0 Å². The highest BCUT2D eigenvalue weighted by atomic mass is 79.9. The van der Waals surface area contributed by atoms with Crippen molar-refractivity contribution < 1.29 is 9.90 Å². The smallest absolute Gasteiger partial charge is 0.253 e. The summed E-state index contributed by atoms with van der Waals surface area (Å²) in [6, 6.07) is 4.95. The Labute approximate surface area is 116 Å². The first-order valence-corrected chi connectivity index (χ1v) is 7.11. The molecule has 4 heteroatoms. The molecule has 2 rings (SSSR count). The van der Waals surface area contributed by atoms with Crippen LogP contribution in [0.2, 0.25) is 0 Å². The molecule has 0 unspecified atom stereocenters. The molecule has 0 bridgehead atoms. The lowest BCUT2D eigenvalue weighted by Gasteiger charge is -2.21. The zero-order valence-electron chi connectivity index (χ0n) is 10.5. The zero-order valence-corrected chi connectivity index (χ0v) is 12.1. The predicted molar refractivity (Wildman–Crippen MR) is 74.7 cm³/mol. The Morgan fingerprint density at radius 2 is 2.11 bits per heavy atom. The summed E-state index contributed by atoms with van der Waals surface area (Å²) in [7, 11) is 1.83. The highest BCUT2D eigenvalue weighted by molar-refractivity contribution is 9.10. The molecule has 0 atom stereocenters. The summed E-state index contributed by atoms with van der Waals surface area (Å²) in [5, 5.41) is 9.60. The number of hydrogen-bond acceptors (Lipinski definition) is 2. The molecule has 0 aromatic heterocycles. The quantitative estimate of drug-likeness (QED) is 0.929. The molecular weight excluding hydrogens is 294 g/mol. The third kappa shape index (κ3) is 3.05. The lowest BCUT2D eigenvalue weighted by Crippen LogP contribution is -2.31. The molecule has 1 amide bonds. The van der Waals surface area contributed by atoms with Crippen molar-refractivity contribution in [2.24, 2.45) is 5.92 Å². The summed E-state index contributed by atoms with van der Waals surface area (Å²) >= 11 is 3.21. The van der Waals surface area contributed by atoms with E-state index in [0.717, 1.165) is 6.54 Å². The number of aromatic hydroxyl groups is 1. The number of amides is 1. The lowest BCUT2D eigenvalue weighted by molar-refractivity contribution is 0.0773. The highest BCUT2D eigenvalue weighted by Crippen LogP contribution is 2.27. The summed E-state index contributed by atoms with van der Waals surface area (Å²) in [5.41, 5.74) is 0.538. The molecule has 0 spiro atoms. The SMILES string of the molecule is CN(CC1CCCC1)C(=O)c1ccc(Br)c(O)c1. The second kappa shape index (κ2) is 5.74. The fourth-order valence-electron chi connectivity index (χ4n) is 2.53. The van der Waals surface area contributed by atoms with Crippen molar-refractivity contribution in [2.75, 3.05) is 13.6 Å². The molecule has 1 saturated carbocycles. The van der Waals surface area contributed by atoms with E-state index in [1.54, 1.807) is 17.0 Å². The van der Waals surface area contributed by atoms with Gasteiger partial charge in [0.25, 0.3) is 5.91 Å². The number of rotatable bonds is 3. The van der Waals surface area contributed by atoms with Crippen LogP contribution >= 0.6 is 15.9 Å². The van der Waals surface area contributed by atoms with Crippen molar-refractivity contribution >= 4 is 21.8 Å². The monoisotopic (exact) mass is 311 g/mol. The van der Waals surface area contributed by atoms with Crippen LogP contribution in [0, 0.1) is 5.92 Å². The topological polar surface area (TPSA) is 40.5 Å². The van der Waals surface area contributed by atoms with Gasteiger partial charge >= 0.3 is 0 Å². The first-order valence-electron chi connectivity index (χ1n) is 6.32. The molecule has 1 aromatic carbocycles. The molecule has 18 heavy (non-hydrogen) atoms. The van der Waals surface area contributed by atoms with Crippen LogP contribution in [0.25, 0.3) is 0 Å². The summed E-state index contributed by atoms with van der Waals surface area (Å²) in [4.78, 5) is 14.0. The molecule has 0 aliphatic heterocycles. The first kappa shape index (κ1) is 13.4. The van der Waals surface area contributed by atoms with Crippen molar-refractivity contribution in [3.8, 4) is 5.75 Å². The maximum atomic E-state index is 12.2. The Kier molecular flexibility index (Phi) is 4.27. The van der Waals surface area contributed by atoms with E-state index < -0.39 is 0 Å². The van der Waals surface area contributed by atoms with Crippen LogP contribution in [-0.2, 0) is 0 Å². The molecule has 3 nitrogen and oxygen atoms in total. The Bertz CT molecular complexity index is 441. The minimum atomic E-state index is -0.0234. The minimum Gasteiger partial charge on any atom is -0.507 e. The fraction of sp³-hybridized carbons (Fsp3) is 0.500. The molecule has 1 fully saturated rings. The van der Waals surface area contributed by atoms with Crippen LogP contribution in [-0.4, -0.2) is 29.5 Å². The first-order chi connectivity index (χ1) is 8.58. The number of benzene rings is 1. The molecule has 0 heterocycles. The Hall–Kier alpha value is -1.03. The van der Waals surface area contributed by atoms with Crippen LogP contribution < -0.4 is 0 Å². The third-order valence-corrected chi connectivity index (χ3v) is 4.22. The van der Waals surface area contributed by atoms with Crippen molar-refractivity contribution in [3.05, 3.63) is 28.2 Å². The molecular formula is C14H18BrNO2. The van der Waals surface area contributed by atoms with Crippen molar-refractivity contribution in [3.63, 3.8) is 0 Å². The number of halogens is 1. The van der Waals surface area contributed by atoms with Crippen LogP contribution in [0.4, 0.5) is 0 Å². The molecule has 1 aromatic rings. The van der Waals surface area contributed by atoms with Gasteiger partial charge in [-0.1, -0.05) is 12.8 Å². The number of nitrogens with zero attached hydrogens (tertiary/aromatic N) is 1. The zero-order chi connectivity index (χ0) is 13.1. The van der Waals surface area contributed by atoms with Gasteiger partial charge < -0.3 is 10.0 Å². The second-order valence-electron chi connectivity index (χ2n) is 5.00. The van der Waals surface area contributed by atoms with Gasteiger partial charge in [-0.05, 0) is 52.9 Å². The normalized spacial score (nSPS) is 15.9. The number of carbonyl (C=O) groups is 1. The third-order valence-electron chi connectivity index (χ3n) is 3.55. The summed E-state index contributed by atoms with van der Waals surface area (Å²) in [5.74, 6) is 0.725. The molecule has 98 valence electrons. The van der Waals surface area contributed by atoms with Crippen LogP contribution in [0.1, 0.15) is 36.0 Å². The number of phenols is 1. The van der Waals surface area contributed by atoms with Gasteiger partial charge in [-0.3, -0.25) is 4.79 Å². The van der Waals surface area contributed by atoms with Crippen molar-refractivity contribution in [1.82, 2.24) is 4.90 Å². The van der Waals surface area contributed by atoms with E-state index in [-0.39, 0.29) is 11.7 Å². The fourth-order valence-corrected chi connectivity index (χ4v) is 2.78. The Balaban J connectivity index is 2.02. The van der Waals surface area contributed by atoms with Crippen LogP contribution in [0.15, 0.2) is 22.7 Å². The average molecular weight is 312 g/mol. The highest BCUT2D eigenvalue weighted by Gasteiger charge is 2.20. The van der Waals surface area contributed by atoms with Gasteiger partial charge in [-0.2, -0.15) is 0 Å². The Morgan fingerprint density at radius 3 is 2.72 bits per heavy atom. The van der Waals surface area contributed by atoms with Gasteiger partial charge in [-0.25, -0.2) is 0 Å². The van der Waals surface area contributed by atoms with Crippen LogP contribution in [0.5, 0.6) is 5.75 Å². The van der Waals surface area contributed by atoms with Gasteiger partial charge in [0, 0.05) is 19.2 Å². The second-order valence-corrected chi connectivity index (χ2v) is 5.86. The summed E-state index contributed by atoms with van der Waals surface area (Å²) in [6.45, 7) is 0.815. The standard InChI is InChI=1S/C14H18BrNO2/c1-16(9-10-4-2-3-5-10)14(18)11-6-7-12(15)13(17)8-11/h6-8,10,17H,2-5,9H2,1H3. The summed E-state index contributed by atoms with van der Waals surface area (Å²) < 4.78 is 0.609. The van der Waals surface area contributed by atoms with E-state index in [1.807, 2.05) is 7.05 Å². The van der Waals surface area contributed by atoms with Gasteiger partial charge in [0.05, 0.1) is 4.47 Å². The average Bonchev–Trinajstić information content (AvgIpc) is 2.84. The molecule has 0 radical (unpaired) electrons. The van der Waals surface area contributed by atoms with Gasteiger partial charge in [0.1, 0.15) is 5.75 Å². The van der Waals surface area contributed by atoms with E-state index in [1.165, 1.54) is 31.7 Å². The van der Waals surface area contributed by atoms with Crippen LogP contribution in [0.3, 0.4) is 0 Å². The number of carbonyl (C=O) groups excluding carboxylic acids is 1. The van der Waals surface area contributed by atoms with E-state index in [9.17, 15) is 9.90 Å². The summed E-state index contributed by atoms with van der Waals surface area (Å²) in [6.07, 6.45) is 5.02. The predicted octanol–water partition coefficient (Wildman–Crippen LogP) is 3.42.